The maximum absolute atomic E-state index is 5.50. The van der Waals surface area contributed by atoms with Crippen molar-refractivity contribution in [3.8, 4) is 11.3 Å². The Labute approximate surface area is 160 Å². The summed E-state index contributed by atoms with van der Waals surface area (Å²) in [5.74, 6) is 0.781. The average molecular weight is 376 g/mol. The van der Waals surface area contributed by atoms with Crippen LogP contribution in [0.25, 0.3) is 11.3 Å². The highest BCUT2D eigenvalue weighted by Crippen LogP contribution is 2.32. The van der Waals surface area contributed by atoms with Crippen LogP contribution in [0.4, 0.5) is 0 Å². The molecule has 2 aromatic rings. The average Bonchev–Trinajstić information content (AvgIpc) is 3.26. The van der Waals surface area contributed by atoms with E-state index in [4.69, 9.17) is 4.74 Å². The number of hydrogen-bond acceptors (Lipinski definition) is 5. The van der Waals surface area contributed by atoms with E-state index in [1.54, 1.807) is 0 Å². The molecule has 0 spiro atoms. The summed E-state index contributed by atoms with van der Waals surface area (Å²) in [6, 6.07) is 11.3. The van der Waals surface area contributed by atoms with Crippen molar-refractivity contribution in [2.75, 3.05) is 32.8 Å². The number of halogens is 1. The quantitative estimate of drug-likeness (QED) is 0.890. The standard InChI is InChI=1S/C19H25N5O.ClH/c1-2-4-15(5-3-1)19-17-10-20-16-12-23(11-14-6-8-25-9-7-14)13-18(16)24(17)22-21-19;/h1-5,14,16,18,20H,6-13H2;1H/t16-,18-;/m1./s1. The Morgan fingerprint density at radius 2 is 1.92 bits per heavy atom. The van der Waals surface area contributed by atoms with Crippen molar-refractivity contribution < 1.29 is 4.74 Å². The zero-order valence-corrected chi connectivity index (χ0v) is 15.7. The molecular weight excluding hydrogens is 350 g/mol. The van der Waals surface area contributed by atoms with Gasteiger partial charge in [0.1, 0.15) is 5.69 Å². The lowest BCUT2D eigenvalue weighted by molar-refractivity contribution is 0.0550. The van der Waals surface area contributed by atoms with Crippen LogP contribution in [0.15, 0.2) is 30.3 Å². The fourth-order valence-electron chi connectivity index (χ4n) is 4.55. The third-order valence-corrected chi connectivity index (χ3v) is 5.91. The van der Waals surface area contributed by atoms with Gasteiger partial charge >= 0.3 is 0 Å². The fourth-order valence-corrected chi connectivity index (χ4v) is 4.55. The number of nitrogens with zero attached hydrogens (tertiary/aromatic N) is 4. The number of fused-ring (bicyclic) bond motifs is 3. The lowest BCUT2D eigenvalue weighted by atomic mass is 10.00. The van der Waals surface area contributed by atoms with E-state index in [2.05, 4.69) is 49.5 Å². The monoisotopic (exact) mass is 375 g/mol. The molecule has 7 heteroatoms. The SMILES string of the molecule is Cl.c1ccc(-c2nnn3c2CN[C@@H]2CN(CC4CCOCC4)C[C@H]23)cc1. The summed E-state index contributed by atoms with van der Waals surface area (Å²) < 4.78 is 7.68. The molecule has 0 radical (unpaired) electrons. The second kappa shape index (κ2) is 7.64. The van der Waals surface area contributed by atoms with Crippen molar-refractivity contribution in [2.45, 2.75) is 31.5 Å². The maximum Gasteiger partial charge on any atom is 0.117 e. The topological polar surface area (TPSA) is 55.2 Å². The van der Waals surface area contributed by atoms with E-state index in [0.29, 0.717) is 12.1 Å². The Morgan fingerprint density at radius 1 is 1.12 bits per heavy atom. The van der Waals surface area contributed by atoms with Gasteiger partial charge in [0.25, 0.3) is 0 Å². The molecule has 3 aliphatic heterocycles. The lowest BCUT2D eigenvalue weighted by Crippen LogP contribution is -2.42. The Balaban J connectivity index is 0.00000168. The summed E-state index contributed by atoms with van der Waals surface area (Å²) >= 11 is 0. The molecule has 0 bridgehead atoms. The molecule has 2 saturated heterocycles. The number of nitrogens with one attached hydrogen (secondary N) is 1. The fraction of sp³-hybridized carbons (Fsp3) is 0.579. The second-order valence-corrected chi connectivity index (χ2v) is 7.52. The number of aromatic nitrogens is 3. The van der Waals surface area contributed by atoms with Gasteiger partial charge in [0.15, 0.2) is 0 Å². The molecule has 3 aliphatic rings. The molecule has 140 valence electrons. The molecule has 0 saturated carbocycles. The highest BCUT2D eigenvalue weighted by Gasteiger charge is 2.40. The zero-order valence-electron chi connectivity index (χ0n) is 14.9. The molecule has 5 rings (SSSR count). The Kier molecular flexibility index (Phi) is 5.27. The first kappa shape index (κ1) is 17.9. The van der Waals surface area contributed by atoms with Gasteiger partial charge in [-0.1, -0.05) is 35.5 Å². The van der Waals surface area contributed by atoms with Crippen LogP contribution >= 0.6 is 12.4 Å². The third kappa shape index (κ3) is 3.27. The zero-order chi connectivity index (χ0) is 16.6. The van der Waals surface area contributed by atoms with Crippen molar-refractivity contribution in [3.63, 3.8) is 0 Å². The Bertz CT molecular complexity index is 731. The summed E-state index contributed by atoms with van der Waals surface area (Å²) in [6.07, 6.45) is 2.40. The largest absolute Gasteiger partial charge is 0.381 e. The molecule has 2 atom stereocenters. The molecule has 1 N–H and O–H groups in total. The van der Waals surface area contributed by atoms with Gasteiger partial charge in [0.05, 0.1) is 11.7 Å². The molecule has 4 heterocycles. The van der Waals surface area contributed by atoms with E-state index in [1.807, 2.05) is 6.07 Å². The van der Waals surface area contributed by atoms with Crippen molar-refractivity contribution in [1.29, 1.82) is 0 Å². The molecule has 0 unspecified atom stereocenters. The first-order valence-electron chi connectivity index (χ1n) is 9.41. The highest BCUT2D eigenvalue weighted by molar-refractivity contribution is 5.85. The Morgan fingerprint density at radius 3 is 2.73 bits per heavy atom. The van der Waals surface area contributed by atoms with Crippen LogP contribution < -0.4 is 5.32 Å². The summed E-state index contributed by atoms with van der Waals surface area (Å²) in [7, 11) is 0. The number of rotatable bonds is 3. The predicted octanol–water partition coefficient (Wildman–Crippen LogP) is 2.12. The summed E-state index contributed by atoms with van der Waals surface area (Å²) in [5.41, 5.74) is 3.40. The van der Waals surface area contributed by atoms with E-state index >= 15 is 0 Å². The number of benzene rings is 1. The molecule has 1 aromatic carbocycles. The van der Waals surface area contributed by atoms with Crippen molar-refractivity contribution in [3.05, 3.63) is 36.0 Å². The molecule has 26 heavy (non-hydrogen) atoms. The van der Waals surface area contributed by atoms with Gasteiger partial charge in [-0.3, -0.25) is 4.90 Å². The second-order valence-electron chi connectivity index (χ2n) is 7.52. The summed E-state index contributed by atoms with van der Waals surface area (Å²) in [6.45, 7) is 6.08. The smallest absolute Gasteiger partial charge is 0.117 e. The lowest BCUT2D eigenvalue weighted by Gasteiger charge is -2.27. The third-order valence-electron chi connectivity index (χ3n) is 5.91. The van der Waals surface area contributed by atoms with Crippen LogP contribution in [0.3, 0.4) is 0 Å². The molecule has 6 nitrogen and oxygen atoms in total. The van der Waals surface area contributed by atoms with Crippen LogP contribution in [0.2, 0.25) is 0 Å². The van der Waals surface area contributed by atoms with Gasteiger partial charge in [-0.25, -0.2) is 4.68 Å². The molecular formula is C19H26ClN5O. The molecule has 0 amide bonds. The first-order chi connectivity index (χ1) is 12.4. The summed E-state index contributed by atoms with van der Waals surface area (Å²) in [5, 5.41) is 12.8. The van der Waals surface area contributed by atoms with Crippen molar-refractivity contribution >= 4 is 12.4 Å². The van der Waals surface area contributed by atoms with Crippen LogP contribution in [-0.4, -0.2) is 58.8 Å². The number of ether oxygens (including phenoxy) is 1. The first-order valence-corrected chi connectivity index (χ1v) is 9.41. The highest BCUT2D eigenvalue weighted by atomic mass is 35.5. The van der Waals surface area contributed by atoms with E-state index in [9.17, 15) is 0 Å². The van der Waals surface area contributed by atoms with Crippen LogP contribution in [0, 0.1) is 5.92 Å². The van der Waals surface area contributed by atoms with Gasteiger partial charge in [-0.15, -0.1) is 17.5 Å². The predicted molar refractivity (Wildman–Crippen MR) is 102 cm³/mol. The van der Waals surface area contributed by atoms with Crippen molar-refractivity contribution in [1.82, 2.24) is 25.2 Å². The molecule has 2 fully saturated rings. The van der Waals surface area contributed by atoms with Gasteiger partial charge < -0.3 is 10.1 Å². The van der Waals surface area contributed by atoms with Gasteiger partial charge in [-0.05, 0) is 18.8 Å². The van der Waals surface area contributed by atoms with E-state index in [0.717, 1.165) is 50.0 Å². The van der Waals surface area contributed by atoms with Crippen molar-refractivity contribution in [2.24, 2.45) is 5.92 Å². The molecule has 0 aliphatic carbocycles. The van der Waals surface area contributed by atoms with Crippen LogP contribution in [-0.2, 0) is 11.3 Å². The maximum atomic E-state index is 5.50. The minimum atomic E-state index is 0. The summed E-state index contributed by atoms with van der Waals surface area (Å²) in [4.78, 5) is 2.61. The Hall–Kier alpha value is -1.47. The van der Waals surface area contributed by atoms with Crippen LogP contribution in [0.1, 0.15) is 24.6 Å². The molecule has 1 aromatic heterocycles. The number of hydrogen-bond donors (Lipinski definition) is 1. The van der Waals surface area contributed by atoms with E-state index < -0.39 is 0 Å². The van der Waals surface area contributed by atoms with E-state index in [1.165, 1.54) is 25.1 Å². The minimum absolute atomic E-state index is 0. The minimum Gasteiger partial charge on any atom is -0.381 e. The normalized spacial score (nSPS) is 26.2. The van der Waals surface area contributed by atoms with Gasteiger partial charge in [0, 0.05) is 51.0 Å². The number of likely N-dealkylation sites (tertiary alicyclic amines) is 1. The van der Waals surface area contributed by atoms with Gasteiger partial charge in [-0.2, -0.15) is 0 Å². The van der Waals surface area contributed by atoms with Gasteiger partial charge in [0.2, 0.25) is 0 Å². The van der Waals surface area contributed by atoms with E-state index in [-0.39, 0.29) is 12.4 Å². The van der Waals surface area contributed by atoms with Crippen LogP contribution in [0.5, 0.6) is 0 Å².